The first-order valence-electron chi connectivity index (χ1n) is 11.0. The largest absolute Gasteiger partial charge is 0.354 e. The number of nitrogens with one attached hydrogen (secondary N) is 2. The molecular formula is C25H38IN5. The number of hydrogen-bond acceptors (Lipinski definition) is 3. The average Bonchev–Trinajstić information content (AvgIpc) is 2.76. The van der Waals surface area contributed by atoms with Crippen LogP contribution in [0.1, 0.15) is 36.9 Å². The molecular weight excluding hydrogens is 497 g/mol. The van der Waals surface area contributed by atoms with Crippen LogP contribution in [-0.4, -0.2) is 62.1 Å². The molecule has 3 rings (SSSR count). The molecule has 1 aliphatic rings. The third kappa shape index (κ3) is 7.77. The summed E-state index contributed by atoms with van der Waals surface area (Å²) in [6, 6.07) is 22.7. The van der Waals surface area contributed by atoms with Gasteiger partial charge in [0.15, 0.2) is 5.96 Å². The summed E-state index contributed by atoms with van der Waals surface area (Å²) in [6.07, 6.45) is 2.26. The van der Waals surface area contributed by atoms with Crippen molar-refractivity contribution in [3.8, 4) is 0 Å². The van der Waals surface area contributed by atoms with E-state index in [4.69, 9.17) is 0 Å². The molecule has 2 N–H and O–H groups in total. The van der Waals surface area contributed by atoms with Crippen molar-refractivity contribution in [1.82, 2.24) is 20.4 Å². The number of likely N-dealkylation sites (N-methyl/N-ethyl adjacent to an activating group) is 1. The van der Waals surface area contributed by atoms with E-state index in [0.29, 0.717) is 18.1 Å². The molecule has 0 bridgehead atoms. The second-order valence-electron chi connectivity index (χ2n) is 8.51. The molecule has 3 atom stereocenters. The summed E-state index contributed by atoms with van der Waals surface area (Å²) in [5.74, 6) is 0.895. The number of aliphatic imine (C=N–C) groups is 1. The molecule has 3 unspecified atom stereocenters. The van der Waals surface area contributed by atoms with E-state index in [9.17, 15) is 0 Å². The van der Waals surface area contributed by atoms with Crippen molar-refractivity contribution < 1.29 is 0 Å². The van der Waals surface area contributed by atoms with Crippen LogP contribution in [0.25, 0.3) is 0 Å². The Kier molecular flexibility index (Phi) is 10.8. The van der Waals surface area contributed by atoms with Gasteiger partial charge in [-0.25, -0.2) is 0 Å². The van der Waals surface area contributed by atoms with Gasteiger partial charge >= 0.3 is 0 Å². The monoisotopic (exact) mass is 535 g/mol. The van der Waals surface area contributed by atoms with Crippen LogP contribution in [0.5, 0.6) is 0 Å². The van der Waals surface area contributed by atoms with Crippen molar-refractivity contribution in [3.63, 3.8) is 0 Å². The zero-order chi connectivity index (χ0) is 21.3. The number of hydrogen-bond donors (Lipinski definition) is 2. The summed E-state index contributed by atoms with van der Waals surface area (Å²) < 4.78 is 0. The Hall–Kier alpha value is -1.64. The van der Waals surface area contributed by atoms with E-state index in [-0.39, 0.29) is 24.0 Å². The van der Waals surface area contributed by atoms with Crippen molar-refractivity contribution in [1.29, 1.82) is 0 Å². The Bertz CT molecular complexity index is 781. The Morgan fingerprint density at radius 3 is 2.32 bits per heavy atom. The first kappa shape index (κ1) is 25.6. The van der Waals surface area contributed by atoms with Crippen molar-refractivity contribution in [3.05, 3.63) is 71.8 Å². The Morgan fingerprint density at radius 1 is 1.10 bits per heavy atom. The second kappa shape index (κ2) is 13.0. The van der Waals surface area contributed by atoms with Crippen LogP contribution in [0.2, 0.25) is 0 Å². The molecule has 6 heteroatoms. The Morgan fingerprint density at radius 2 is 1.74 bits per heavy atom. The number of benzene rings is 2. The zero-order valence-corrected chi connectivity index (χ0v) is 21.6. The minimum atomic E-state index is 0. The summed E-state index contributed by atoms with van der Waals surface area (Å²) in [5.41, 5.74) is 2.71. The predicted octanol–water partition coefficient (Wildman–Crippen LogP) is 4.13. The van der Waals surface area contributed by atoms with Gasteiger partial charge in [-0.2, -0.15) is 0 Å². The summed E-state index contributed by atoms with van der Waals surface area (Å²) in [5, 5.41) is 7.21. The third-order valence-corrected chi connectivity index (χ3v) is 6.08. The number of guanidine groups is 1. The number of rotatable bonds is 7. The molecule has 0 radical (unpaired) electrons. The molecule has 1 aliphatic heterocycles. The van der Waals surface area contributed by atoms with Crippen molar-refractivity contribution in [2.45, 2.75) is 44.4 Å². The molecule has 0 saturated carbocycles. The van der Waals surface area contributed by atoms with Crippen LogP contribution >= 0.6 is 24.0 Å². The minimum absolute atomic E-state index is 0. The number of piperidine rings is 1. The normalized spacial score (nSPS) is 20.7. The summed E-state index contributed by atoms with van der Waals surface area (Å²) in [4.78, 5) is 9.32. The van der Waals surface area contributed by atoms with Gasteiger partial charge in [0.05, 0.1) is 6.04 Å². The highest BCUT2D eigenvalue weighted by atomic mass is 127. The van der Waals surface area contributed by atoms with Crippen molar-refractivity contribution >= 4 is 29.9 Å². The van der Waals surface area contributed by atoms with Crippen molar-refractivity contribution in [2.75, 3.05) is 34.2 Å². The lowest BCUT2D eigenvalue weighted by Crippen LogP contribution is -2.52. The van der Waals surface area contributed by atoms with Gasteiger partial charge in [0.25, 0.3) is 0 Å². The van der Waals surface area contributed by atoms with Crippen LogP contribution in [0.15, 0.2) is 65.7 Å². The van der Waals surface area contributed by atoms with Gasteiger partial charge in [-0.3, -0.25) is 9.89 Å². The maximum absolute atomic E-state index is 4.48. The quantitative estimate of drug-likeness (QED) is 0.318. The fourth-order valence-corrected chi connectivity index (χ4v) is 4.26. The van der Waals surface area contributed by atoms with Gasteiger partial charge in [0, 0.05) is 38.8 Å². The molecule has 0 aliphatic carbocycles. The van der Waals surface area contributed by atoms with Crippen LogP contribution in [0.4, 0.5) is 0 Å². The topological polar surface area (TPSA) is 42.9 Å². The number of likely N-dealkylation sites (tertiary alicyclic amines) is 1. The molecule has 1 fully saturated rings. The fraction of sp³-hybridized carbons (Fsp3) is 0.480. The third-order valence-electron chi connectivity index (χ3n) is 6.08. The smallest absolute Gasteiger partial charge is 0.191 e. The maximum atomic E-state index is 4.48. The highest BCUT2D eigenvalue weighted by Crippen LogP contribution is 2.20. The SMILES string of the molecule is CN=C(NCC(c1ccccc1)N(C)C)NC1CCN(Cc2ccccc2)C(C)C1.I. The standard InChI is InChI=1S/C25H37N5.HI/c1-20-17-23(15-16-30(20)19-21-11-7-5-8-12-21)28-25(26-2)27-18-24(29(3)4)22-13-9-6-10-14-22;/h5-14,20,23-24H,15-19H2,1-4H3,(H2,26,27,28);1H. The highest BCUT2D eigenvalue weighted by molar-refractivity contribution is 14.0. The van der Waals surface area contributed by atoms with E-state index in [1.165, 1.54) is 11.1 Å². The predicted molar refractivity (Wildman–Crippen MR) is 142 cm³/mol. The first-order chi connectivity index (χ1) is 14.6. The van der Waals surface area contributed by atoms with Gasteiger partial charge in [-0.15, -0.1) is 24.0 Å². The van der Waals surface area contributed by atoms with Crippen molar-refractivity contribution in [2.24, 2.45) is 4.99 Å². The van der Waals surface area contributed by atoms with Gasteiger partial charge in [0.2, 0.25) is 0 Å². The number of halogens is 1. The second-order valence-corrected chi connectivity index (χ2v) is 8.51. The summed E-state index contributed by atoms with van der Waals surface area (Å²) in [6.45, 7) is 5.29. The lowest BCUT2D eigenvalue weighted by molar-refractivity contribution is 0.134. The summed E-state index contributed by atoms with van der Waals surface area (Å²) in [7, 11) is 6.11. The van der Waals surface area contributed by atoms with Crippen LogP contribution in [0.3, 0.4) is 0 Å². The molecule has 31 heavy (non-hydrogen) atoms. The van der Waals surface area contributed by atoms with E-state index in [1.807, 2.05) is 7.05 Å². The van der Waals surface area contributed by atoms with Gasteiger partial charge in [-0.05, 0) is 45.0 Å². The molecule has 0 aromatic heterocycles. The first-order valence-corrected chi connectivity index (χ1v) is 11.0. The molecule has 0 amide bonds. The molecule has 2 aromatic rings. The lowest BCUT2D eigenvalue weighted by Gasteiger charge is -2.38. The van der Waals surface area contributed by atoms with Crippen LogP contribution in [-0.2, 0) is 6.54 Å². The zero-order valence-electron chi connectivity index (χ0n) is 19.3. The van der Waals surface area contributed by atoms with Crippen LogP contribution in [0, 0.1) is 0 Å². The van der Waals surface area contributed by atoms with Gasteiger partial charge < -0.3 is 15.5 Å². The average molecular weight is 536 g/mol. The molecule has 2 aromatic carbocycles. The number of nitrogens with zero attached hydrogens (tertiary/aromatic N) is 3. The Balaban J connectivity index is 0.00000341. The highest BCUT2D eigenvalue weighted by Gasteiger charge is 2.26. The maximum Gasteiger partial charge on any atom is 0.191 e. The molecule has 0 spiro atoms. The lowest BCUT2D eigenvalue weighted by atomic mass is 9.97. The van der Waals surface area contributed by atoms with E-state index < -0.39 is 0 Å². The van der Waals surface area contributed by atoms with E-state index in [0.717, 1.165) is 38.4 Å². The molecule has 170 valence electrons. The van der Waals surface area contributed by atoms with E-state index in [2.05, 4.69) is 107 Å². The minimum Gasteiger partial charge on any atom is -0.354 e. The Labute approximate surface area is 205 Å². The fourth-order valence-electron chi connectivity index (χ4n) is 4.26. The molecule has 1 heterocycles. The molecule has 1 saturated heterocycles. The summed E-state index contributed by atoms with van der Waals surface area (Å²) >= 11 is 0. The van der Waals surface area contributed by atoms with Crippen LogP contribution < -0.4 is 10.6 Å². The molecule has 5 nitrogen and oxygen atoms in total. The van der Waals surface area contributed by atoms with Gasteiger partial charge in [-0.1, -0.05) is 60.7 Å². The van der Waals surface area contributed by atoms with E-state index in [1.54, 1.807) is 0 Å². The van der Waals surface area contributed by atoms with E-state index >= 15 is 0 Å². The van der Waals surface area contributed by atoms with Gasteiger partial charge in [0.1, 0.15) is 0 Å².